The molecule has 3 N–H and O–H groups in total. The van der Waals surface area contributed by atoms with Crippen LogP contribution in [0.3, 0.4) is 0 Å². The Balaban J connectivity index is 1.54. The number of hydrogen-bond acceptors (Lipinski definition) is 5. The first kappa shape index (κ1) is 20.6. The van der Waals surface area contributed by atoms with Crippen LogP contribution in [0.15, 0.2) is 24.8 Å². The van der Waals surface area contributed by atoms with Crippen molar-refractivity contribution >= 4 is 45.6 Å². The van der Waals surface area contributed by atoms with Crippen LogP contribution in [-0.2, 0) is 4.79 Å². The smallest absolute Gasteiger partial charge is 0.231 e. The molecule has 1 aromatic carbocycles. The average molecular weight is 460 g/mol. The molecule has 2 unspecified atom stereocenters. The van der Waals surface area contributed by atoms with Crippen LogP contribution in [0.4, 0.5) is 20.3 Å². The van der Waals surface area contributed by atoms with Crippen molar-refractivity contribution in [1.29, 1.82) is 0 Å². The van der Waals surface area contributed by atoms with Gasteiger partial charge < -0.3 is 15.0 Å². The summed E-state index contributed by atoms with van der Waals surface area (Å²) in [6.07, 6.45) is 5.44. The zero-order valence-corrected chi connectivity index (χ0v) is 18.0. The van der Waals surface area contributed by atoms with Gasteiger partial charge in [0.15, 0.2) is 17.3 Å². The highest BCUT2D eigenvalue weighted by atomic mass is 35.5. The third-order valence-corrected chi connectivity index (χ3v) is 5.73. The largest absolute Gasteiger partial charge is 0.381 e. The number of aromatic nitrogens is 5. The SMILES string of the molecule is CC(C)CNc1c(F)c(Cl)c(-c2cn3cc(NC(=O)C4CC4F)nc3cn2)c2cn[nH]c12. The number of H-pyrrole nitrogens is 1. The second-order valence-corrected chi connectivity index (χ2v) is 8.70. The maximum absolute atomic E-state index is 15.2. The molecule has 11 heteroatoms. The second-order valence-electron chi connectivity index (χ2n) is 8.32. The zero-order chi connectivity index (χ0) is 22.6. The van der Waals surface area contributed by atoms with E-state index in [1.165, 1.54) is 6.20 Å². The third-order valence-electron chi connectivity index (χ3n) is 5.38. The number of fused-ring (bicyclic) bond motifs is 2. The number of benzene rings is 1. The normalized spacial score (nSPS) is 17.9. The van der Waals surface area contributed by atoms with Gasteiger partial charge >= 0.3 is 0 Å². The van der Waals surface area contributed by atoms with E-state index >= 15 is 4.39 Å². The molecule has 1 aliphatic rings. The Morgan fingerprint density at radius 1 is 1.38 bits per heavy atom. The molecule has 2 atom stereocenters. The number of carbonyl (C=O) groups excluding carboxylic acids is 1. The molecule has 4 aromatic rings. The summed E-state index contributed by atoms with van der Waals surface area (Å²) in [4.78, 5) is 20.7. The minimum Gasteiger partial charge on any atom is -0.381 e. The molecule has 1 aliphatic carbocycles. The van der Waals surface area contributed by atoms with E-state index < -0.39 is 23.8 Å². The van der Waals surface area contributed by atoms with Crippen LogP contribution in [0, 0.1) is 17.7 Å². The van der Waals surface area contributed by atoms with Crippen LogP contribution in [0.1, 0.15) is 20.3 Å². The number of alkyl halides is 1. The van der Waals surface area contributed by atoms with Gasteiger partial charge in [0.25, 0.3) is 0 Å². The standard InChI is InChI=1S/C21H20ClF2N7O/c1-9(2)4-26-20-18(24)17(22)16(11-5-27-30-19(11)20)13-7-31-8-14(28-15(31)6-25-13)29-21(32)10-3-12(10)23/h5-10,12,26H,3-4H2,1-2H3,(H,27,30)(H,29,32). The molecule has 166 valence electrons. The molecule has 1 amide bonds. The average Bonchev–Trinajstić information content (AvgIpc) is 3.11. The topological polar surface area (TPSA) is 100 Å². The van der Waals surface area contributed by atoms with Gasteiger partial charge in [-0.15, -0.1) is 0 Å². The summed E-state index contributed by atoms with van der Waals surface area (Å²) in [5, 5.41) is 13.2. The summed E-state index contributed by atoms with van der Waals surface area (Å²) in [5.41, 5.74) is 2.02. The van der Waals surface area contributed by atoms with E-state index in [1.807, 2.05) is 13.8 Å². The minimum absolute atomic E-state index is 0.0756. The first-order chi connectivity index (χ1) is 15.3. The number of hydrogen-bond donors (Lipinski definition) is 3. The Labute approximate surface area is 186 Å². The van der Waals surface area contributed by atoms with Gasteiger partial charge in [-0.05, 0) is 12.3 Å². The molecule has 5 rings (SSSR count). The molecular weight excluding hydrogens is 440 g/mol. The summed E-state index contributed by atoms with van der Waals surface area (Å²) in [5.74, 6) is -1.02. The van der Waals surface area contributed by atoms with Crippen LogP contribution in [0.2, 0.25) is 5.02 Å². The number of nitrogens with zero attached hydrogens (tertiary/aromatic N) is 4. The maximum atomic E-state index is 15.2. The lowest BCUT2D eigenvalue weighted by Crippen LogP contribution is -2.15. The van der Waals surface area contributed by atoms with E-state index in [0.717, 1.165) is 0 Å². The fraction of sp³-hybridized carbons (Fsp3) is 0.333. The molecule has 1 fully saturated rings. The van der Waals surface area contributed by atoms with Gasteiger partial charge in [0.05, 0.1) is 46.4 Å². The van der Waals surface area contributed by atoms with Gasteiger partial charge in [0.1, 0.15) is 6.17 Å². The highest BCUT2D eigenvalue weighted by Gasteiger charge is 2.43. The van der Waals surface area contributed by atoms with Gasteiger partial charge in [0.2, 0.25) is 5.91 Å². The van der Waals surface area contributed by atoms with Crippen molar-refractivity contribution in [3.05, 3.63) is 35.6 Å². The van der Waals surface area contributed by atoms with Crippen molar-refractivity contribution in [3.63, 3.8) is 0 Å². The number of aromatic amines is 1. The molecule has 0 aliphatic heterocycles. The van der Waals surface area contributed by atoms with Crippen molar-refractivity contribution in [3.8, 4) is 11.3 Å². The van der Waals surface area contributed by atoms with Crippen LogP contribution < -0.4 is 10.6 Å². The molecule has 0 radical (unpaired) electrons. The Bertz CT molecular complexity index is 1350. The summed E-state index contributed by atoms with van der Waals surface area (Å²) in [6, 6.07) is 0. The van der Waals surface area contributed by atoms with E-state index in [2.05, 4.69) is 30.8 Å². The molecule has 3 heterocycles. The van der Waals surface area contributed by atoms with Gasteiger partial charge in [0, 0.05) is 23.7 Å². The minimum atomic E-state index is -1.09. The fourth-order valence-corrected chi connectivity index (χ4v) is 3.87. The zero-order valence-electron chi connectivity index (χ0n) is 17.3. The molecule has 1 saturated carbocycles. The second kappa shape index (κ2) is 7.70. The lowest BCUT2D eigenvalue weighted by atomic mass is 10.0. The quantitative estimate of drug-likeness (QED) is 0.396. The van der Waals surface area contributed by atoms with E-state index in [4.69, 9.17) is 11.6 Å². The van der Waals surface area contributed by atoms with Gasteiger partial charge in [-0.1, -0.05) is 25.4 Å². The first-order valence-corrected chi connectivity index (χ1v) is 10.6. The van der Waals surface area contributed by atoms with Crippen LogP contribution in [0.25, 0.3) is 27.8 Å². The molecule has 0 spiro atoms. The highest BCUT2D eigenvalue weighted by Crippen LogP contribution is 2.40. The lowest BCUT2D eigenvalue weighted by molar-refractivity contribution is -0.117. The van der Waals surface area contributed by atoms with Crippen molar-refractivity contribution in [2.75, 3.05) is 17.2 Å². The number of anilines is 2. The van der Waals surface area contributed by atoms with Crippen molar-refractivity contribution in [2.45, 2.75) is 26.4 Å². The number of imidazole rings is 1. The molecule has 8 nitrogen and oxygen atoms in total. The Hall–Kier alpha value is -3.27. The van der Waals surface area contributed by atoms with E-state index in [1.54, 1.807) is 23.0 Å². The first-order valence-electron chi connectivity index (χ1n) is 10.2. The predicted octanol–water partition coefficient (Wildman–Crippen LogP) is 4.43. The predicted molar refractivity (Wildman–Crippen MR) is 118 cm³/mol. The number of nitrogens with one attached hydrogen (secondary N) is 3. The summed E-state index contributed by atoms with van der Waals surface area (Å²) >= 11 is 6.45. The molecule has 0 bridgehead atoms. The molecule has 32 heavy (non-hydrogen) atoms. The highest BCUT2D eigenvalue weighted by molar-refractivity contribution is 6.35. The fourth-order valence-electron chi connectivity index (χ4n) is 3.58. The van der Waals surface area contributed by atoms with Gasteiger partial charge in [-0.3, -0.25) is 14.9 Å². The Kier molecular flexibility index (Phi) is 4.96. The van der Waals surface area contributed by atoms with Crippen LogP contribution in [-0.4, -0.2) is 43.2 Å². The molecular formula is C21H20ClF2N7O. The van der Waals surface area contributed by atoms with E-state index in [9.17, 15) is 9.18 Å². The monoisotopic (exact) mass is 459 g/mol. The lowest BCUT2D eigenvalue weighted by Gasteiger charge is -2.15. The summed E-state index contributed by atoms with van der Waals surface area (Å²) in [6.45, 7) is 4.61. The summed E-state index contributed by atoms with van der Waals surface area (Å²) in [7, 11) is 0. The van der Waals surface area contributed by atoms with Gasteiger partial charge in [-0.25, -0.2) is 13.8 Å². The Morgan fingerprint density at radius 2 is 2.16 bits per heavy atom. The van der Waals surface area contributed by atoms with Crippen molar-refractivity contribution in [1.82, 2.24) is 24.6 Å². The summed E-state index contributed by atoms with van der Waals surface area (Å²) < 4.78 is 30.0. The number of carbonyl (C=O) groups is 1. The van der Waals surface area contributed by atoms with E-state index in [0.29, 0.717) is 40.3 Å². The van der Waals surface area contributed by atoms with Crippen LogP contribution in [0.5, 0.6) is 0 Å². The van der Waals surface area contributed by atoms with E-state index in [-0.39, 0.29) is 22.9 Å². The number of amides is 1. The maximum Gasteiger partial charge on any atom is 0.231 e. The third kappa shape index (κ3) is 3.54. The molecule has 3 aromatic heterocycles. The van der Waals surface area contributed by atoms with Crippen molar-refractivity contribution in [2.24, 2.45) is 11.8 Å². The Morgan fingerprint density at radius 3 is 2.88 bits per heavy atom. The van der Waals surface area contributed by atoms with Crippen molar-refractivity contribution < 1.29 is 13.6 Å². The van der Waals surface area contributed by atoms with Gasteiger partial charge in [-0.2, -0.15) is 5.10 Å². The van der Waals surface area contributed by atoms with Crippen LogP contribution >= 0.6 is 11.6 Å². The molecule has 0 saturated heterocycles. The number of halogens is 3. The number of rotatable bonds is 6.